The van der Waals surface area contributed by atoms with Crippen molar-refractivity contribution in [2.24, 2.45) is 0 Å². The molecular formula is C12H16N2O5. The first kappa shape index (κ1) is 14.9. The lowest BCUT2D eigenvalue weighted by Crippen LogP contribution is -2.29. The smallest absolute Gasteiger partial charge is 0.338 e. The maximum Gasteiger partial charge on any atom is 0.338 e. The molecular weight excluding hydrogens is 252 g/mol. The second-order valence-corrected chi connectivity index (χ2v) is 3.97. The Bertz CT molecular complexity index is 469. The second-order valence-electron chi connectivity index (χ2n) is 3.97. The third kappa shape index (κ3) is 3.65. The SMILES string of the molecule is CCCN(CCO)c1ccc([N+](=O)[O-])cc1C(=O)O. The van der Waals surface area contributed by atoms with Gasteiger partial charge in [0.05, 0.1) is 22.8 Å². The summed E-state index contributed by atoms with van der Waals surface area (Å²) in [6, 6.07) is 3.71. The lowest BCUT2D eigenvalue weighted by Gasteiger charge is -2.24. The molecule has 1 rings (SSSR count). The number of hydrogen-bond donors (Lipinski definition) is 2. The number of aromatic carboxylic acids is 1. The minimum absolute atomic E-state index is 0.115. The number of hydrogen-bond acceptors (Lipinski definition) is 5. The van der Waals surface area contributed by atoms with Crippen molar-refractivity contribution >= 4 is 17.3 Å². The topological polar surface area (TPSA) is 104 Å². The van der Waals surface area contributed by atoms with Crippen molar-refractivity contribution in [3.63, 3.8) is 0 Å². The fourth-order valence-corrected chi connectivity index (χ4v) is 1.83. The molecule has 7 heteroatoms. The summed E-state index contributed by atoms with van der Waals surface area (Å²) in [6.07, 6.45) is 0.774. The molecule has 0 radical (unpaired) electrons. The van der Waals surface area contributed by atoms with E-state index >= 15 is 0 Å². The highest BCUT2D eigenvalue weighted by Crippen LogP contribution is 2.25. The fourth-order valence-electron chi connectivity index (χ4n) is 1.83. The summed E-state index contributed by atoms with van der Waals surface area (Å²) in [5.74, 6) is -1.22. The van der Waals surface area contributed by atoms with Gasteiger partial charge in [-0.2, -0.15) is 0 Å². The van der Waals surface area contributed by atoms with Crippen LogP contribution in [0.5, 0.6) is 0 Å². The highest BCUT2D eigenvalue weighted by Gasteiger charge is 2.19. The average molecular weight is 268 g/mol. The van der Waals surface area contributed by atoms with Crippen molar-refractivity contribution in [2.75, 3.05) is 24.6 Å². The van der Waals surface area contributed by atoms with Gasteiger partial charge in [0.25, 0.3) is 5.69 Å². The maximum atomic E-state index is 11.2. The number of nitro benzene ring substituents is 1. The highest BCUT2D eigenvalue weighted by atomic mass is 16.6. The molecule has 0 fully saturated rings. The van der Waals surface area contributed by atoms with Crippen molar-refractivity contribution < 1.29 is 19.9 Å². The maximum absolute atomic E-state index is 11.2. The number of anilines is 1. The van der Waals surface area contributed by atoms with Crippen LogP contribution in [0.1, 0.15) is 23.7 Å². The van der Waals surface area contributed by atoms with Gasteiger partial charge in [0.15, 0.2) is 0 Å². The second kappa shape index (κ2) is 6.69. The molecule has 0 amide bonds. The zero-order valence-corrected chi connectivity index (χ0v) is 10.6. The molecule has 0 saturated heterocycles. The van der Waals surface area contributed by atoms with Gasteiger partial charge >= 0.3 is 5.97 Å². The van der Waals surface area contributed by atoms with Gasteiger partial charge in [0.1, 0.15) is 0 Å². The lowest BCUT2D eigenvalue weighted by molar-refractivity contribution is -0.384. The normalized spacial score (nSPS) is 10.2. The summed E-state index contributed by atoms with van der Waals surface area (Å²) in [5, 5.41) is 28.8. The van der Waals surface area contributed by atoms with Crippen LogP contribution in [0.3, 0.4) is 0 Å². The summed E-state index contributed by atoms with van der Waals surface area (Å²) < 4.78 is 0. The summed E-state index contributed by atoms with van der Waals surface area (Å²) in [6.45, 7) is 2.66. The average Bonchev–Trinajstić information content (AvgIpc) is 2.37. The van der Waals surface area contributed by atoms with Gasteiger partial charge in [-0.15, -0.1) is 0 Å². The Morgan fingerprint density at radius 2 is 2.11 bits per heavy atom. The van der Waals surface area contributed by atoms with Crippen LogP contribution in [0.2, 0.25) is 0 Å². The number of rotatable bonds is 7. The van der Waals surface area contributed by atoms with E-state index in [0.717, 1.165) is 12.5 Å². The number of nitrogens with zero attached hydrogens (tertiary/aromatic N) is 2. The van der Waals surface area contributed by atoms with Crippen molar-refractivity contribution in [1.29, 1.82) is 0 Å². The van der Waals surface area contributed by atoms with Gasteiger partial charge in [-0.1, -0.05) is 6.92 Å². The van der Waals surface area contributed by atoms with Gasteiger partial charge in [-0.05, 0) is 12.5 Å². The minimum Gasteiger partial charge on any atom is -0.478 e. The van der Waals surface area contributed by atoms with Crippen molar-refractivity contribution in [2.45, 2.75) is 13.3 Å². The molecule has 1 aromatic rings. The van der Waals surface area contributed by atoms with Crippen LogP contribution in [0, 0.1) is 10.1 Å². The zero-order chi connectivity index (χ0) is 14.4. The van der Waals surface area contributed by atoms with E-state index in [-0.39, 0.29) is 24.4 Å². The Balaban J connectivity index is 3.24. The number of aliphatic hydroxyl groups excluding tert-OH is 1. The number of aliphatic hydroxyl groups is 1. The first-order valence-corrected chi connectivity index (χ1v) is 5.88. The molecule has 0 aliphatic heterocycles. The molecule has 0 spiro atoms. The number of benzene rings is 1. The van der Waals surface area contributed by atoms with E-state index in [1.54, 1.807) is 4.90 Å². The zero-order valence-electron chi connectivity index (χ0n) is 10.6. The highest BCUT2D eigenvalue weighted by molar-refractivity contribution is 5.95. The molecule has 0 aromatic heterocycles. The third-order valence-electron chi connectivity index (χ3n) is 2.63. The lowest BCUT2D eigenvalue weighted by atomic mass is 10.1. The summed E-state index contributed by atoms with van der Waals surface area (Å²) in [5.41, 5.74) is -0.00769. The van der Waals surface area contributed by atoms with Gasteiger partial charge in [-0.25, -0.2) is 4.79 Å². The Hall–Kier alpha value is -2.15. The Morgan fingerprint density at radius 1 is 1.42 bits per heavy atom. The molecule has 104 valence electrons. The van der Waals surface area contributed by atoms with Crippen LogP contribution in [-0.2, 0) is 0 Å². The van der Waals surface area contributed by atoms with Crippen LogP contribution in [0.15, 0.2) is 18.2 Å². The first-order valence-electron chi connectivity index (χ1n) is 5.88. The van der Waals surface area contributed by atoms with Crippen LogP contribution >= 0.6 is 0 Å². The van der Waals surface area contributed by atoms with Gasteiger partial charge in [0.2, 0.25) is 0 Å². The Labute approximate surface area is 110 Å². The Morgan fingerprint density at radius 3 is 2.58 bits per heavy atom. The number of nitro groups is 1. The molecule has 0 aliphatic carbocycles. The molecule has 19 heavy (non-hydrogen) atoms. The molecule has 2 N–H and O–H groups in total. The van der Waals surface area contributed by atoms with Gasteiger partial charge < -0.3 is 15.1 Å². The predicted octanol–water partition coefficient (Wildman–Crippen LogP) is 1.50. The Kier molecular flexibility index (Phi) is 5.25. The van der Waals surface area contributed by atoms with Crippen molar-refractivity contribution in [1.82, 2.24) is 0 Å². The van der Waals surface area contributed by atoms with E-state index in [1.807, 2.05) is 6.92 Å². The first-order chi connectivity index (χ1) is 9.01. The summed E-state index contributed by atoms with van der Waals surface area (Å²) in [7, 11) is 0. The number of carboxylic acids is 1. The minimum atomic E-state index is -1.22. The molecule has 0 saturated carbocycles. The van der Waals surface area contributed by atoms with Crippen molar-refractivity contribution in [3.8, 4) is 0 Å². The monoisotopic (exact) mass is 268 g/mol. The molecule has 7 nitrogen and oxygen atoms in total. The molecule has 0 unspecified atom stereocenters. The molecule has 1 aromatic carbocycles. The largest absolute Gasteiger partial charge is 0.478 e. The van der Waals surface area contributed by atoms with Crippen LogP contribution in [-0.4, -0.2) is 40.8 Å². The third-order valence-corrected chi connectivity index (χ3v) is 2.63. The van der Waals surface area contributed by atoms with E-state index in [0.29, 0.717) is 12.2 Å². The van der Waals surface area contributed by atoms with E-state index < -0.39 is 10.9 Å². The van der Waals surface area contributed by atoms with E-state index in [1.165, 1.54) is 12.1 Å². The van der Waals surface area contributed by atoms with Crippen LogP contribution in [0.4, 0.5) is 11.4 Å². The number of carboxylic acid groups (broad SMARTS) is 1. The number of non-ortho nitro benzene ring substituents is 1. The summed E-state index contributed by atoms with van der Waals surface area (Å²) >= 11 is 0. The van der Waals surface area contributed by atoms with Crippen molar-refractivity contribution in [3.05, 3.63) is 33.9 Å². The van der Waals surface area contributed by atoms with Gasteiger partial charge in [0, 0.05) is 25.2 Å². The predicted molar refractivity (Wildman–Crippen MR) is 69.6 cm³/mol. The van der Waals surface area contributed by atoms with E-state index in [9.17, 15) is 14.9 Å². The van der Waals surface area contributed by atoms with E-state index in [4.69, 9.17) is 10.2 Å². The quantitative estimate of drug-likeness (QED) is 0.573. The van der Waals surface area contributed by atoms with Crippen LogP contribution < -0.4 is 4.90 Å². The molecule has 0 aliphatic rings. The molecule has 0 atom stereocenters. The number of carbonyl (C=O) groups is 1. The molecule has 0 bridgehead atoms. The molecule has 0 heterocycles. The summed E-state index contributed by atoms with van der Waals surface area (Å²) in [4.78, 5) is 22.9. The van der Waals surface area contributed by atoms with Gasteiger partial charge in [-0.3, -0.25) is 10.1 Å². The van der Waals surface area contributed by atoms with E-state index in [2.05, 4.69) is 0 Å². The van der Waals surface area contributed by atoms with Crippen LogP contribution in [0.25, 0.3) is 0 Å². The fraction of sp³-hybridized carbons (Fsp3) is 0.417. The standard InChI is InChI=1S/C12H16N2O5/c1-2-5-13(6-7-15)11-4-3-9(14(18)19)8-10(11)12(16)17/h3-4,8,15H,2,5-7H2,1H3,(H,16,17).